The maximum absolute atomic E-state index is 13.4. The van der Waals surface area contributed by atoms with Crippen molar-refractivity contribution in [1.29, 1.82) is 0 Å². The molecule has 0 N–H and O–H groups in total. The highest BCUT2D eigenvalue weighted by molar-refractivity contribution is 5.95. The number of nitrogens with zero attached hydrogens (tertiary/aromatic N) is 2. The van der Waals surface area contributed by atoms with Gasteiger partial charge in [-0.05, 0) is 67.6 Å². The van der Waals surface area contributed by atoms with Crippen molar-refractivity contribution in [2.45, 2.75) is 32.0 Å². The number of anilines is 1. The summed E-state index contributed by atoms with van der Waals surface area (Å²) in [7, 11) is 1.60. The number of rotatable bonds is 7. The Hall–Kier alpha value is -2.54. The molecule has 0 bridgehead atoms. The molecule has 31 heavy (non-hydrogen) atoms. The zero-order valence-electron chi connectivity index (χ0n) is 17.6. The number of ether oxygens (including phenoxy) is 1. The maximum Gasteiger partial charge on any atom is 0.416 e. The third-order valence-electron chi connectivity index (χ3n) is 6.13. The van der Waals surface area contributed by atoms with E-state index in [9.17, 15) is 18.0 Å². The van der Waals surface area contributed by atoms with Crippen molar-refractivity contribution in [2.75, 3.05) is 31.6 Å². The van der Waals surface area contributed by atoms with E-state index in [0.717, 1.165) is 30.3 Å². The van der Waals surface area contributed by atoms with Gasteiger partial charge < -0.3 is 9.64 Å². The van der Waals surface area contributed by atoms with Crippen molar-refractivity contribution in [1.82, 2.24) is 4.90 Å². The number of carbonyl (C=O) groups excluding carboxylic acids is 1. The van der Waals surface area contributed by atoms with E-state index in [4.69, 9.17) is 4.74 Å². The van der Waals surface area contributed by atoms with Crippen LogP contribution < -0.4 is 9.64 Å². The van der Waals surface area contributed by atoms with E-state index in [0.29, 0.717) is 32.0 Å². The molecule has 1 amide bonds. The van der Waals surface area contributed by atoms with Gasteiger partial charge in [0.2, 0.25) is 5.91 Å². The summed E-state index contributed by atoms with van der Waals surface area (Å²) in [5, 5.41) is 0. The lowest BCUT2D eigenvalue weighted by molar-refractivity contribution is -0.138. The summed E-state index contributed by atoms with van der Waals surface area (Å²) < 4.78 is 45.2. The van der Waals surface area contributed by atoms with Crippen LogP contribution in [0.25, 0.3) is 0 Å². The minimum absolute atomic E-state index is 0.0590. The van der Waals surface area contributed by atoms with Gasteiger partial charge in [0.05, 0.1) is 18.6 Å². The van der Waals surface area contributed by atoms with E-state index in [1.807, 2.05) is 34.1 Å². The molecule has 0 aromatic heterocycles. The quantitative estimate of drug-likeness (QED) is 0.619. The minimum Gasteiger partial charge on any atom is -0.497 e. The molecule has 2 aromatic rings. The van der Waals surface area contributed by atoms with Crippen LogP contribution in [-0.4, -0.2) is 37.6 Å². The number of alkyl halides is 3. The monoisotopic (exact) mass is 432 g/mol. The SMILES string of the molecule is COc1ccc(N(CC2CC2)C(=O)C2CCN(Cc3ccccc3C(F)(F)F)C2)cc1. The average Bonchev–Trinajstić information content (AvgIpc) is 3.47. The van der Waals surface area contributed by atoms with Crippen LogP contribution in [0.15, 0.2) is 48.5 Å². The Morgan fingerprint density at radius 3 is 2.45 bits per heavy atom. The summed E-state index contributed by atoms with van der Waals surface area (Å²) in [4.78, 5) is 17.2. The Labute approximate surface area is 180 Å². The maximum atomic E-state index is 13.4. The molecular weight excluding hydrogens is 405 g/mol. The first-order chi connectivity index (χ1) is 14.8. The minimum atomic E-state index is -4.37. The van der Waals surface area contributed by atoms with Crippen LogP contribution in [0, 0.1) is 11.8 Å². The summed E-state index contributed by atoms with van der Waals surface area (Å²) in [6.07, 6.45) is -1.46. The van der Waals surface area contributed by atoms with Crippen LogP contribution in [0.5, 0.6) is 5.75 Å². The fourth-order valence-electron chi connectivity index (χ4n) is 4.22. The molecule has 1 atom stereocenters. The van der Waals surface area contributed by atoms with Crippen LogP contribution >= 0.6 is 0 Å². The van der Waals surface area contributed by atoms with Crippen LogP contribution in [0.1, 0.15) is 30.4 Å². The second-order valence-electron chi connectivity index (χ2n) is 8.47. The Kier molecular flexibility index (Phi) is 6.23. The number of halogens is 3. The van der Waals surface area contributed by atoms with Crippen LogP contribution in [0.4, 0.5) is 18.9 Å². The van der Waals surface area contributed by atoms with E-state index in [1.54, 1.807) is 13.2 Å². The first kappa shape index (κ1) is 21.7. The van der Waals surface area contributed by atoms with E-state index < -0.39 is 11.7 Å². The molecule has 4 rings (SSSR count). The molecule has 1 aliphatic carbocycles. The Morgan fingerprint density at radius 1 is 1.10 bits per heavy atom. The number of likely N-dealkylation sites (tertiary alicyclic amines) is 1. The first-order valence-electron chi connectivity index (χ1n) is 10.7. The third kappa shape index (κ3) is 5.21. The summed E-state index contributed by atoms with van der Waals surface area (Å²) in [5.74, 6) is 1.11. The summed E-state index contributed by atoms with van der Waals surface area (Å²) >= 11 is 0. The van der Waals surface area contributed by atoms with E-state index in [-0.39, 0.29) is 23.9 Å². The van der Waals surface area contributed by atoms with Gasteiger partial charge in [-0.2, -0.15) is 13.2 Å². The standard InChI is InChI=1S/C24H27F3N2O2/c1-31-21-10-8-20(9-11-21)29(14-17-6-7-17)23(30)19-12-13-28(16-19)15-18-4-2-3-5-22(18)24(25,26)27/h2-5,8-11,17,19H,6-7,12-16H2,1H3. The van der Waals surface area contributed by atoms with Crippen LogP contribution in [0.3, 0.4) is 0 Å². The van der Waals surface area contributed by atoms with Crippen LogP contribution in [-0.2, 0) is 17.5 Å². The number of benzene rings is 2. The number of carbonyl (C=O) groups is 1. The highest BCUT2D eigenvalue weighted by Gasteiger charge is 2.37. The van der Waals surface area contributed by atoms with E-state index in [1.165, 1.54) is 12.1 Å². The fourth-order valence-corrected chi connectivity index (χ4v) is 4.22. The topological polar surface area (TPSA) is 32.8 Å². The van der Waals surface area contributed by atoms with Gasteiger partial charge in [-0.1, -0.05) is 18.2 Å². The molecule has 0 spiro atoms. The van der Waals surface area contributed by atoms with E-state index in [2.05, 4.69) is 0 Å². The summed E-state index contributed by atoms with van der Waals surface area (Å²) in [5.41, 5.74) is 0.505. The Bertz CT molecular complexity index is 910. The van der Waals surface area contributed by atoms with Crippen molar-refractivity contribution < 1.29 is 22.7 Å². The van der Waals surface area contributed by atoms with Gasteiger partial charge in [-0.25, -0.2) is 0 Å². The molecule has 1 heterocycles. The normalized spacial score (nSPS) is 19.4. The predicted octanol–water partition coefficient (Wildman–Crippen LogP) is 4.98. The van der Waals surface area contributed by atoms with Gasteiger partial charge in [0.25, 0.3) is 0 Å². The predicted molar refractivity (Wildman–Crippen MR) is 113 cm³/mol. The molecule has 1 saturated heterocycles. The third-order valence-corrected chi connectivity index (χ3v) is 6.13. The second kappa shape index (κ2) is 8.91. The molecule has 4 nitrogen and oxygen atoms in total. The average molecular weight is 432 g/mol. The number of methoxy groups -OCH3 is 1. The van der Waals surface area contributed by atoms with Crippen molar-refractivity contribution in [3.05, 3.63) is 59.7 Å². The molecule has 2 aliphatic rings. The van der Waals surface area contributed by atoms with Gasteiger partial charge in [0.1, 0.15) is 5.75 Å². The summed E-state index contributed by atoms with van der Waals surface area (Å²) in [6.45, 7) is 1.98. The number of amides is 1. The zero-order valence-corrected chi connectivity index (χ0v) is 17.6. The van der Waals surface area contributed by atoms with Gasteiger partial charge >= 0.3 is 6.18 Å². The number of hydrogen-bond acceptors (Lipinski definition) is 3. The van der Waals surface area contributed by atoms with Crippen molar-refractivity contribution in [3.8, 4) is 5.75 Å². The Morgan fingerprint density at radius 2 is 1.81 bits per heavy atom. The first-order valence-corrected chi connectivity index (χ1v) is 10.7. The Balaban J connectivity index is 1.45. The lowest BCUT2D eigenvalue weighted by Gasteiger charge is -2.26. The second-order valence-corrected chi connectivity index (χ2v) is 8.47. The molecule has 1 unspecified atom stereocenters. The van der Waals surface area contributed by atoms with Gasteiger partial charge in [-0.15, -0.1) is 0 Å². The largest absolute Gasteiger partial charge is 0.497 e. The lowest BCUT2D eigenvalue weighted by atomic mass is 10.1. The van der Waals surface area contributed by atoms with Gasteiger partial charge in [0.15, 0.2) is 0 Å². The van der Waals surface area contributed by atoms with Crippen LogP contribution in [0.2, 0.25) is 0 Å². The molecule has 1 aliphatic heterocycles. The number of hydrogen-bond donors (Lipinski definition) is 0. The smallest absolute Gasteiger partial charge is 0.416 e. The molecule has 166 valence electrons. The van der Waals surface area contributed by atoms with Gasteiger partial charge in [-0.3, -0.25) is 9.69 Å². The molecule has 2 aromatic carbocycles. The molecule has 2 fully saturated rings. The zero-order chi connectivity index (χ0) is 22.0. The van der Waals surface area contributed by atoms with Crippen molar-refractivity contribution in [3.63, 3.8) is 0 Å². The lowest BCUT2D eigenvalue weighted by Crippen LogP contribution is -2.39. The highest BCUT2D eigenvalue weighted by atomic mass is 19.4. The molecule has 1 saturated carbocycles. The summed E-state index contributed by atoms with van der Waals surface area (Å²) in [6, 6.07) is 13.2. The van der Waals surface area contributed by atoms with Gasteiger partial charge in [0, 0.05) is 25.3 Å². The fraction of sp³-hybridized carbons (Fsp3) is 0.458. The van der Waals surface area contributed by atoms with E-state index >= 15 is 0 Å². The van der Waals surface area contributed by atoms with Crippen molar-refractivity contribution in [2.24, 2.45) is 11.8 Å². The molecule has 0 radical (unpaired) electrons. The van der Waals surface area contributed by atoms with Crippen molar-refractivity contribution >= 4 is 11.6 Å². The highest BCUT2D eigenvalue weighted by Crippen LogP contribution is 2.35. The molecular formula is C24H27F3N2O2. The molecule has 7 heteroatoms.